The minimum Gasteiger partial charge on any atom is -0.309 e. The number of hydrogen-bond donors (Lipinski definition) is 1. The second kappa shape index (κ2) is 5.83. The monoisotopic (exact) mass is 210 g/mol. The number of benzene rings is 1. The Bertz CT molecular complexity index is 299. The summed E-state index contributed by atoms with van der Waals surface area (Å²) in [6.45, 7) is 3.80. The van der Waals surface area contributed by atoms with Crippen molar-refractivity contribution in [1.82, 2.24) is 10.2 Å². The molecule has 84 valence electrons. The largest absolute Gasteiger partial charge is 0.309 e. The zero-order valence-corrected chi connectivity index (χ0v) is 9.63. The third-order valence-corrected chi connectivity index (χ3v) is 2.38. The van der Waals surface area contributed by atoms with E-state index >= 15 is 0 Å². The van der Waals surface area contributed by atoms with Gasteiger partial charge in [0.25, 0.3) is 0 Å². The van der Waals surface area contributed by atoms with Crippen LogP contribution in [0.3, 0.4) is 0 Å². The summed E-state index contributed by atoms with van der Waals surface area (Å²) in [7, 11) is 4.05. The summed E-state index contributed by atoms with van der Waals surface area (Å²) >= 11 is 0. The van der Waals surface area contributed by atoms with Crippen LogP contribution in [-0.2, 0) is 0 Å². The average Bonchev–Trinajstić information content (AvgIpc) is 2.17. The third kappa shape index (κ3) is 3.98. The van der Waals surface area contributed by atoms with E-state index in [1.165, 1.54) is 6.07 Å². The van der Waals surface area contributed by atoms with Crippen molar-refractivity contribution in [2.75, 3.05) is 27.2 Å². The third-order valence-electron chi connectivity index (χ3n) is 2.38. The molecule has 0 aliphatic carbocycles. The van der Waals surface area contributed by atoms with Gasteiger partial charge in [-0.05, 0) is 27.1 Å². The lowest BCUT2D eigenvalue weighted by molar-refractivity contribution is 0.387. The molecule has 0 aromatic heterocycles. The topological polar surface area (TPSA) is 15.3 Å². The van der Waals surface area contributed by atoms with Crippen LogP contribution in [0.4, 0.5) is 4.39 Å². The zero-order valence-electron chi connectivity index (χ0n) is 9.63. The number of likely N-dealkylation sites (N-methyl/N-ethyl adjacent to an activating group) is 1. The summed E-state index contributed by atoms with van der Waals surface area (Å²) in [6, 6.07) is 6.96. The summed E-state index contributed by atoms with van der Waals surface area (Å²) < 4.78 is 13.4. The van der Waals surface area contributed by atoms with Crippen LogP contribution in [-0.4, -0.2) is 32.1 Å². The highest BCUT2D eigenvalue weighted by atomic mass is 19.1. The van der Waals surface area contributed by atoms with E-state index in [2.05, 4.69) is 10.2 Å². The van der Waals surface area contributed by atoms with Crippen LogP contribution in [0.2, 0.25) is 0 Å². The van der Waals surface area contributed by atoms with Gasteiger partial charge < -0.3 is 10.2 Å². The molecule has 0 radical (unpaired) electrons. The van der Waals surface area contributed by atoms with Crippen molar-refractivity contribution in [2.24, 2.45) is 0 Å². The molecule has 1 N–H and O–H groups in total. The van der Waals surface area contributed by atoms with Crippen LogP contribution in [0.5, 0.6) is 0 Å². The van der Waals surface area contributed by atoms with Gasteiger partial charge in [0.2, 0.25) is 0 Å². The van der Waals surface area contributed by atoms with Crippen molar-refractivity contribution in [3.63, 3.8) is 0 Å². The number of halogens is 1. The normalized spacial score (nSPS) is 13.1. The molecule has 0 heterocycles. The van der Waals surface area contributed by atoms with Crippen molar-refractivity contribution in [2.45, 2.75) is 13.0 Å². The van der Waals surface area contributed by atoms with Gasteiger partial charge in [0, 0.05) is 24.7 Å². The molecule has 0 fully saturated rings. The Morgan fingerprint density at radius 3 is 2.60 bits per heavy atom. The molecular formula is C12H19FN2. The average molecular weight is 210 g/mol. The summed E-state index contributed by atoms with van der Waals surface area (Å²) in [5.74, 6) is -0.137. The molecule has 0 aliphatic rings. The van der Waals surface area contributed by atoms with E-state index in [4.69, 9.17) is 0 Å². The molecule has 1 atom stereocenters. The highest BCUT2D eigenvalue weighted by molar-refractivity contribution is 5.20. The molecule has 15 heavy (non-hydrogen) atoms. The van der Waals surface area contributed by atoms with Crippen molar-refractivity contribution in [1.29, 1.82) is 0 Å². The molecule has 1 rings (SSSR count). The smallest absolute Gasteiger partial charge is 0.127 e. The Labute approximate surface area is 91.1 Å². The van der Waals surface area contributed by atoms with E-state index in [9.17, 15) is 4.39 Å². The van der Waals surface area contributed by atoms with Gasteiger partial charge in [-0.15, -0.1) is 0 Å². The van der Waals surface area contributed by atoms with E-state index < -0.39 is 0 Å². The first kappa shape index (κ1) is 12.1. The molecule has 1 aromatic rings. The van der Waals surface area contributed by atoms with Gasteiger partial charge in [0.15, 0.2) is 0 Å². The van der Waals surface area contributed by atoms with Gasteiger partial charge in [0.1, 0.15) is 5.82 Å². The van der Waals surface area contributed by atoms with Crippen LogP contribution < -0.4 is 5.32 Å². The maximum atomic E-state index is 13.4. The van der Waals surface area contributed by atoms with Gasteiger partial charge in [-0.1, -0.05) is 18.2 Å². The molecule has 0 aliphatic heterocycles. The molecule has 0 bridgehead atoms. The Kier molecular flexibility index (Phi) is 4.72. The van der Waals surface area contributed by atoms with Crippen LogP contribution in [0.15, 0.2) is 24.3 Å². The minimum atomic E-state index is -0.137. The number of rotatable bonds is 5. The minimum absolute atomic E-state index is 0.0613. The molecule has 0 spiro atoms. The van der Waals surface area contributed by atoms with Crippen molar-refractivity contribution >= 4 is 0 Å². The Hall–Kier alpha value is -0.930. The molecule has 0 saturated heterocycles. The van der Waals surface area contributed by atoms with E-state index in [0.717, 1.165) is 18.7 Å². The summed E-state index contributed by atoms with van der Waals surface area (Å²) in [5, 5.41) is 3.29. The number of nitrogens with zero attached hydrogens (tertiary/aromatic N) is 1. The van der Waals surface area contributed by atoms with Crippen LogP contribution in [0.1, 0.15) is 18.5 Å². The molecule has 0 saturated carbocycles. The maximum absolute atomic E-state index is 13.4. The SMILES string of the molecule is CC(NCCN(C)C)c1ccccc1F. The quantitative estimate of drug-likeness (QED) is 0.800. The summed E-state index contributed by atoms with van der Waals surface area (Å²) in [6.07, 6.45) is 0. The summed E-state index contributed by atoms with van der Waals surface area (Å²) in [4.78, 5) is 2.10. The second-order valence-electron chi connectivity index (χ2n) is 4.00. The van der Waals surface area contributed by atoms with Crippen LogP contribution in [0.25, 0.3) is 0 Å². The molecule has 0 amide bonds. The van der Waals surface area contributed by atoms with E-state index in [-0.39, 0.29) is 11.9 Å². The predicted octanol–water partition coefficient (Wildman–Crippen LogP) is 2.04. The van der Waals surface area contributed by atoms with E-state index in [1.807, 2.05) is 33.2 Å². The number of nitrogens with one attached hydrogen (secondary N) is 1. The molecule has 1 aromatic carbocycles. The standard InChI is InChI=1S/C12H19FN2/c1-10(14-8-9-15(2)3)11-6-4-5-7-12(11)13/h4-7,10,14H,8-9H2,1-3H3. The van der Waals surface area contributed by atoms with Crippen molar-refractivity contribution in [3.05, 3.63) is 35.6 Å². The van der Waals surface area contributed by atoms with E-state index in [1.54, 1.807) is 6.07 Å². The van der Waals surface area contributed by atoms with Gasteiger partial charge in [-0.2, -0.15) is 0 Å². The van der Waals surface area contributed by atoms with Gasteiger partial charge in [0.05, 0.1) is 0 Å². The van der Waals surface area contributed by atoms with Crippen LogP contribution >= 0.6 is 0 Å². The summed E-state index contributed by atoms with van der Waals surface area (Å²) in [5.41, 5.74) is 0.733. The van der Waals surface area contributed by atoms with Gasteiger partial charge in [-0.3, -0.25) is 0 Å². The Balaban J connectivity index is 2.47. The first-order valence-corrected chi connectivity index (χ1v) is 5.24. The highest BCUT2D eigenvalue weighted by Crippen LogP contribution is 2.15. The highest BCUT2D eigenvalue weighted by Gasteiger charge is 2.08. The lowest BCUT2D eigenvalue weighted by Crippen LogP contribution is -2.28. The first-order valence-electron chi connectivity index (χ1n) is 5.24. The fourth-order valence-electron chi connectivity index (χ4n) is 1.44. The molecular weight excluding hydrogens is 191 g/mol. The Morgan fingerprint density at radius 1 is 1.33 bits per heavy atom. The Morgan fingerprint density at radius 2 is 2.00 bits per heavy atom. The lowest BCUT2D eigenvalue weighted by atomic mass is 10.1. The fraction of sp³-hybridized carbons (Fsp3) is 0.500. The zero-order chi connectivity index (χ0) is 11.3. The van der Waals surface area contributed by atoms with Gasteiger partial charge in [-0.25, -0.2) is 4.39 Å². The predicted molar refractivity (Wildman–Crippen MR) is 61.4 cm³/mol. The second-order valence-corrected chi connectivity index (χ2v) is 4.00. The van der Waals surface area contributed by atoms with E-state index in [0.29, 0.717) is 0 Å². The number of hydrogen-bond acceptors (Lipinski definition) is 2. The van der Waals surface area contributed by atoms with Crippen LogP contribution in [0, 0.1) is 5.82 Å². The van der Waals surface area contributed by atoms with Gasteiger partial charge >= 0.3 is 0 Å². The van der Waals surface area contributed by atoms with Crippen molar-refractivity contribution < 1.29 is 4.39 Å². The van der Waals surface area contributed by atoms with Crippen molar-refractivity contribution in [3.8, 4) is 0 Å². The molecule has 1 unspecified atom stereocenters. The fourth-order valence-corrected chi connectivity index (χ4v) is 1.44. The lowest BCUT2D eigenvalue weighted by Gasteiger charge is -2.16. The maximum Gasteiger partial charge on any atom is 0.127 e. The molecule has 2 nitrogen and oxygen atoms in total. The molecule has 3 heteroatoms. The first-order chi connectivity index (χ1) is 7.11.